The van der Waals surface area contributed by atoms with Gasteiger partial charge in [-0.15, -0.1) is 0 Å². The van der Waals surface area contributed by atoms with Gasteiger partial charge in [0.25, 0.3) is 10.1 Å². The topological polar surface area (TPSA) is 54.4 Å². The van der Waals surface area contributed by atoms with E-state index in [-0.39, 0.29) is 22.0 Å². The van der Waals surface area contributed by atoms with Gasteiger partial charge >= 0.3 is 0 Å². The van der Waals surface area contributed by atoms with Gasteiger partial charge in [-0.25, -0.2) is 0 Å². The fourth-order valence-corrected chi connectivity index (χ4v) is 3.52. The van der Waals surface area contributed by atoms with E-state index >= 15 is 0 Å². The van der Waals surface area contributed by atoms with Crippen LogP contribution in [-0.2, 0) is 33.6 Å². The second-order valence-corrected chi connectivity index (χ2v) is 7.40. The summed E-state index contributed by atoms with van der Waals surface area (Å²) in [5.74, 6) is 0. The molecule has 0 heterocycles. The van der Waals surface area contributed by atoms with Gasteiger partial charge < -0.3 is 0 Å². The summed E-state index contributed by atoms with van der Waals surface area (Å²) in [6, 6.07) is 6.73. The zero-order chi connectivity index (χ0) is 16.3. The molecule has 0 atom stereocenters. The van der Waals surface area contributed by atoms with E-state index in [1.54, 1.807) is 12.1 Å². The van der Waals surface area contributed by atoms with Crippen LogP contribution in [0.25, 0.3) is 0 Å². The van der Waals surface area contributed by atoms with E-state index in [0.717, 1.165) is 18.4 Å². The molecule has 3 nitrogen and oxygen atoms in total. The summed E-state index contributed by atoms with van der Waals surface area (Å²) < 4.78 is 31.8. The van der Waals surface area contributed by atoms with E-state index in [1.807, 2.05) is 6.07 Å². The van der Waals surface area contributed by atoms with E-state index < -0.39 is 10.1 Å². The average molecular weight is 390 g/mol. The standard InChI is InChI=1S/C18H30O3S.Cu/c1-2-3-4-5-6-7-8-9-10-11-14-17-15-12-13-16-18(17)22(19,20)21;/h12-13,15-16H,2-11,14H2,1H3,(H,19,20,21);. The Hall–Kier alpha value is -0.351. The summed E-state index contributed by atoms with van der Waals surface area (Å²) in [7, 11) is -4.10. The van der Waals surface area contributed by atoms with E-state index in [9.17, 15) is 13.0 Å². The van der Waals surface area contributed by atoms with Crippen LogP contribution in [0.3, 0.4) is 0 Å². The third-order valence-corrected chi connectivity index (χ3v) is 5.00. The summed E-state index contributed by atoms with van der Waals surface area (Å²) >= 11 is 0. The molecule has 0 saturated carbocycles. The molecule has 0 bridgehead atoms. The summed E-state index contributed by atoms with van der Waals surface area (Å²) in [5, 5.41) is 0. The molecule has 0 aliphatic heterocycles. The van der Waals surface area contributed by atoms with Crippen LogP contribution in [0.5, 0.6) is 0 Å². The fourth-order valence-electron chi connectivity index (χ4n) is 2.76. The molecule has 0 fully saturated rings. The summed E-state index contributed by atoms with van der Waals surface area (Å²) in [5.41, 5.74) is 0.726. The van der Waals surface area contributed by atoms with E-state index in [4.69, 9.17) is 0 Å². The Morgan fingerprint density at radius 3 is 1.83 bits per heavy atom. The van der Waals surface area contributed by atoms with Gasteiger partial charge in [0.15, 0.2) is 0 Å². The van der Waals surface area contributed by atoms with Crippen molar-refractivity contribution < 1.29 is 30.0 Å². The van der Waals surface area contributed by atoms with Crippen LogP contribution in [-0.4, -0.2) is 13.0 Å². The van der Waals surface area contributed by atoms with Gasteiger partial charge in [-0.3, -0.25) is 4.55 Å². The van der Waals surface area contributed by atoms with Crippen molar-refractivity contribution in [3.05, 3.63) is 29.8 Å². The molecule has 0 aliphatic rings. The Morgan fingerprint density at radius 1 is 0.826 bits per heavy atom. The van der Waals surface area contributed by atoms with E-state index in [2.05, 4.69) is 6.92 Å². The minimum absolute atomic E-state index is 0. The number of unbranched alkanes of at least 4 members (excludes halogenated alkanes) is 9. The molecule has 1 aromatic rings. The number of rotatable bonds is 12. The molecule has 0 amide bonds. The molecule has 1 radical (unpaired) electrons. The third kappa shape index (κ3) is 10.2. The fraction of sp³-hybridized carbons (Fsp3) is 0.667. The van der Waals surface area contributed by atoms with Crippen molar-refractivity contribution >= 4 is 10.1 Å². The first-order valence-electron chi connectivity index (χ1n) is 8.61. The normalized spacial score (nSPS) is 11.2. The second-order valence-electron chi connectivity index (χ2n) is 6.01. The zero-order valence-electron chi connectivity index (χ0n) is 14.1. The molecule has 1 aromatic carbocycles. The monoisotopic (exact) mass is 389 g/mol. The molecule has 0 aromatic heterocycles. The predicted octanol–water partition coefficient (Wildman–Crippen LogP) is 5.39. The van der Waals surface area contributed by atoms with Crippen LogP contribution in [0.15, 0.2) is 29.2 Å². The Morgan fingerprint density at radius 2 is 1.30 bits per heavy atom. The average Bonchev–Trinajstić information content (AvgIpc) is 2.48. The Bertz CT molecular complexity index is 515. The van der Waals surface area contributed by atoms with Gasteiger partial charge in [-0.1, -0.05) is 82.9 Å². The SMILES string of the molecule is CCCCCCCCCCCCc1ccccc1S(=O)(=O)O.[Cu]. The van der Waals surface area contributed by atoms with Crippen molar-refractivity contribution in [3.8, 4) is 0 Å². The minimum atomic E-state index is -4.10. The molecular weight excluding hydrogens is 360 g/mol. The van der Waals surface area contributed by atoms with Crippen LogP contribution in [0.2, 0.25) is 0 Å². The molecule has 1 rings (SSSR count). The first-order valence-corrected chi connectivity index (χ1v) is 10.0. The molecule has 137 valence electrons. The molecule has 0 unspecified atom stereocenters. The molecule has 0 saturated heterocycles. The number of benzene rings is 1. The van der Waals surface area contributed by atoms with E-state index in [0.29, 0.717) is 6.42 Å². The summed E-state index contributed by atoms with van der Waals surface area (Å²) in [6.07, 6.45) is 13.3. The molecule has 5 heteroatoms. The van der Waals surface area contributed by atoms with Crippen LogP contribution in [0.1, 0.15) is 76.7 Å². The van der Waals surface area contributed by atoms with Crippen LogP contribution in [0, 0.1) is 0 Å². The second kappa shape index (κ2) is 13.0. The Labute approximate surface area is 152 Å². The van der Waals surface area contributed by atoms with Gasteiger partial charge in [0.2, 0.25) is 0 Å². The minimum Gasteiger partial charge on any atom is -0.282 e. The van der Waals surface area contributed by atoms with Crippen molar-refractivity contribution in [1.82, 2.24) is 0 Å². The van der Waals surface area contributed by atoms with Crippen molar-refractivity contribution in [3.63, 3.8) is 0 Å². The Kier molecular flexibility index (Phi) is 12.8. The Balaban J connectivity index is 0.00000484. The predicted molar refractivity (Wildman–Crippen MR) is 91.8 cm³/mol. The molecule has 0 aliphatic carbocycles. The van der Waals surface area contributed by atoms with Crippen molar-refractivity contribution in [2.75, 3.05) is 0 Å². The first-order chi connectivity index (χ1) is 10.6. The van der Waals surface area contributed by atoms with Crippen LogP contribution in [0.4, 0.5) is 0 Å². The third-order valence-electron chi connectivity index (χ3n) is 4.05. The molecular formula is C18H30CuO3S. The van der Waals surface area contributed by atoms with Crippen molar-refractivity contribution in [2.45, 2.75) is 82.4 Å². The van der Waals surface area contributed by atoms with Gasteiger partial charge in [0.05, 0.1) is 4.90 Å². The largest absolute Gasteiger partial charge is 0.294 e. The smallest absolute Gasteiger partial charge is 0.282 e. The van der Waals surface area contributed by atoms with Gasteiger partial charge in [0, 0.05) is 17.1 Å². The molecule has 1 N–H and O–H groups in total. The quantitative estimate of drug-likeness (QED) is 0.296. The first kappa shape index (κ1) is 22.6. The number of hydrogen-bond acceptors (Lipinski definition) is 2. The summed E-state index contributed by atoms with van der Waals surface area (Å²) in [4.78, 5) is 0.0610. The van der Waals surface area contributed by atoms with E-state index in [1.165, 1.54) is 57.4 Å². The number of hydrogen-bond donors (Lipinski definition) is 1. The van der Waals surface area contributed by atoms with Gasteiger partial charge in [-0.05, 0) is 24.5 Å². The van der Waals surface area contributed by atoms with Crippen molar-refractivity contribution in [2.24, 2.45) is 0 Å². The maximum atomic E-state index is 11.3. The zero-order valence-corrected chi connectivity index (χ0v) is 15.8. The maximum absolute atomic E-state index is 11.3. The van der Waals surface area contributed by atoms with Crippen LogP contribution < -0.4 is 0 Å². The molecule has 23 heavy (non-hydrogen) atoms. The molecule has 0 spiro atoms. The number of aryl methyl sites for hydroxylation is 1. The summed E-state index contributed by atoms with van der Waals surface area (Å²) in [6.45, 7) is 2.24. The van der Waals surface area contributed by atoms with Gasteiger partial charge in [0.1, 0.15) is 0 Å². The maximum Gasteiger partial charge on any atom is 0.294 e. The van der Waals surface area contributed by atoms with Gasteiger partial charge in [-0.2, -0.15) is 8.42 Å². The van der Waals surface area contributed by atoms with Crippen molar-refractivity contribution in [1.29, 1.82) is 0 Å². The van der Waals surface area contributed by atoms with Crippen LogP contribution >= 0.6 is 0 Å².